The fourth-order valence-corrected chi connectivity index (χ4v) is 4.50. The van der Waals surface area contributed by atoms with Gasteiger partial charge in [0, 0.05) is 74.9 Å². The summed E-state index contributed by atoms with van der Waals surface area (Å²) < 4.78 is 0. The van der Waals surface area contributed by atoms with Crippen molar-refractivity contribution in [3.05, 3.63) is 65.7 Å². The minimum atomic E-state index is 0. The molecule has 2 fully saturated rings. The average molecular weight is 453 g/mol. The number of hydrogen-bond acceptors (Lipinski definition) is 8. The molecule has 7 nitrogen and oxygen atoms in total. The molecule has 2 aromatic carbocycles. The number of aromatic nitrogens is 1. The minimum absolute atomic E-state index is 0. The summed E-state index contributed by atoms with van der Waals surface area (Å²) >= 11 is 1.69. The Morgan fingerprint density at radius 3 is 2.09 bits per heavy atom. The number of hydrogen-bond donors (Lipinski definition) is 1. The molecule has 0 spiro atoms. The Kier molecular flexibility index (Phi) is 7.24. The number of likely N-dealkylation sites (N-methyl/N-ethyl adjacent to an activating group) is 1. The molecule has 0 radical (unpaired) electrons. The van der Waals surface area contributed by atoms with Crippen molar-refractivity contribution in [1.29, 1.82) is 0 Å². The van der Waals surface area contributed by atoms with Gasteiger partial charge in [-0.1, -0.05) is 0 Å². The van der Waals surface area contributed by atoms with Crippen molar-refractivity contribution in [2.75, 3.05) is 73.4 Å². The molecule has 0 amide bonds. The molecule has 2 aliphatic rings. The maximum absolute atomic E-state index is 10.5. The molecule has 170 valence electrons. The van der Waals surface area contributed by atoms with Crippen LogP contribution in [0.25, 0.3) is 0 Å². The average Bonchev–Trinajstić information content (AvgIpc) is 3.53. The van der Waals surface area contributed by atoms with Crippen LogP contribution >= 0.6 is 11.3 Å². The maximum Gasteiger partial charge on any atom is 0.186 e. The van der Waals surface area contributed by atoms with Gasteiger partial charge in [-0.3, -0.25) is 4.79 Å². The van der Waals surface area contributed by atoms with E-state index >= 15 is 0 Å². The summed E-state index contributed by atoms with van der Waals surface area (Å²) in [6, 6.07) is 15.8. The molecule has 0 saturated carbocycles. The van der Waals surface area contributed by atoms with E-state index in [0.717, 1.165) is 68.6 Å². The molecule has 32 heavy (non-hydrogen) atoms. The molecular weight excluding hydrogens is 420 g/mol. The van der Waals surface area contributed by atoms with Crippen molar-refractivity contribution in [1.82, 2.24) is 9.88 Å². The van der Waals surface area contributed by atoms with E-state index in [4.69, 9.17) is 5.73 Å². The zero-order valence-corrected chi connectivity index (χ0v) is 19.2. The molecule has 0 unspecified atom stereocenters. The third-order valence-electron chi connectivity index (χ3n) is 5.83. The SMILES string of the molecule is CN1CCN(c2ccc(C=O)cc2)CC1.Nc1ccc(N2CCN(c3nccs3)C2)cc1.[HH]. The molecule has 0 bridgehead atoms. The van der Waals surface area contributed by atoms with E-state index in [9.17, 15) is 4.79 Å². The van der Waals surface area contributed by atoms with Gasteiger partial charge in [0.15, 0.2) is 5.13 Å². The summed E-state index contributed by atoms with van der Waals surface area (Å²) in [5, 5.41) is 3.12. The van der Waals surface area contributed by atoms with E-state index in [1.807, 2.05) is 48.0 Å². The second-order valence-electron chi connectivity index (χ2n) is 8.07. The van der Waals surface area contributed by atoms with Gasteiger partial charge < -0.3 is 25.3 Å². The van der Waals surface area contributed by atoms with E-state index in [0.29, 0.717) is 0 Å². The zero-order valence-electron chi connectivity index (χ0n) is 18.4. The fourth-order valence-electron chi connectivity index (χ4n) is 3.84. The molecule has 0 aliphatic carbocycles. The van der Waals surface area contributed by atoms with Crippen molar-refractivity contribution in [3.63, 3.8) is 0 Å². The minimum Gasteiger partial charge on any atom is -0.399 e. The number of rotatable bonds is 4. The first-order chi connectivity index (χ1) is 15.6. The van der Waals surface area contributed by atoms with Gasteiger partial charge in [0.25, 0.3) is 0 Å². The number of piperazine rings is 1. The van der Waals surface area contributed by atoms with Crippen molar-refractivity contribution in [2.45, 2.75) is 0 Å². The number of nitrogen functional groups attached to an aromatic ring is 1. The zero-order chi connectivity index (χ0) is 22.3. The van der Waals surface area contributed by atoms with Crippen molar-refractivity contribution in [2.24, 2.45) is 0 Å². The number of nitrogens with zero attached hydrogens (tertiary/aromatic N) is 5. The monoisotopic (exact) mass is 452 g/mol. The lowest BCUT2D eigenvalue weighted by atomic mass is 10.2. The first-order valence-electron chi connectivity index (χ1n) is 10.9. The first-order valence-corrected chi connectivity index (χ1v) is 11.7. The Morgan fingerprint density at radius 2 is 1.47 bits per heavy atom. The molecule has 8 heteroatoms. The largest absolute Gasteiger partial charge is 0.399 e. The lowest BCUT2D eigenvalue weighted by Gasteiger charge is -2.34. The number of carbonyl (C=O) groups excluding carboxylic acids is 1. The van der Waals surface area contributed by atoms with Gasteiger partial charge in [-0.25, -0.2) is 4.98 Å². The summed E-state index contributed by atoms with van der Waals surface area (Å²) in [4.78, 5) is 24.2. The Labute approximate surface area is 195 Å². The van der Waals surface area contributed by atoms with E-state index in [1.165, 1.54) is 11.4 Å². The van der Waals surface area contributed by atoms with Crippen LogP contribution in [0.5, 0.6) is 0 Å². The van der Waals surface area contributed by atoms with Crippen LogP contribution in [0.4, 0.5) is 22.2 Å². The second-order valence-corrected chi connectivity index (χ2v) is 8.95. The highest BCUT2D eigenvalue weighted by molar-refractivity contribution is 7.13. The highest BCUT2D eigenvalue weighted by Crippen LogP contribution is 2.25. The van der Waals surface area contributed by atoms with Gasteiger partial charge >= 0.3 is 0 Å². The van der Waals surface area contributed by atoms with Gasteiger partial charge in [0.2, 0.25) is 0 Å². The second kappa shape index (κ2) is 10.5. The standard InChI is InChI=1S/C12H14N4S.C12H16N2O.H2/c13-10-1-3-11(4-2-10)15-6-7-16(9-15)12-14-5-8-17-12;1-13-6-8-14(9-7-13)12-4-2-11(10-15)3-5-12;/h1-5,8H,6-7,9,13H2;2-5,10H,6-9H2,1H3;1H. The van der Waals surface area contributed by atoms with Crippen LogP contribution in [0.2, 0.25) is 0 Å². The van der Waals surface area contributed by atoms with E-state index in [-0.39, 0.29) is 1.43 Å². The normalized spacial score (nSPS) is 16.6. The van der Waals surface area contributed by atoms with Crippen LogP contribution in [0, 0.1) is 0 Å². The fraction of sp³-hybridized carbons (Fsp3) is 0.333. The quantitative estimate of drug-likeness (QED) is 0.480. The Hall–Kier alpha value is -3.10. The van der Waals surface area contributed by atoms with Crippen LogP contribution in [0.1, 0.15) is 11.8 Å². The van der Waals surface area contributed by atoms with Gasteiger partial charge in [-0.05, 0) is 55.6 Å². The van der Waals surface area contributed by atoms with Crippen molar-refractivity contribution in [3.8, 4) is 0 Å². The van der Waals surface area contributed by atoms with E-state index < -0.39 is 0 Å². The Balaban J connectivity index is 0.000000182. The van der Waals surface area contributed by atoms with Crippen LogP contribution < -0.4 is 20.4 Å². The smallest absolute Gasteiger partial charge is 0.186 e. The summed E-state index contributed by atoms with van der Waals surface area (Å²) in [6.45, 7) is 7.30. The number of thiazole rings is 1. The number of aldehydes is 1. The predicted molar refractivity (Wildman–Crippen MR) is 136 cm³/mol. The van der Waals surface area contributed by atoms with Crippen LogP contribution in [0.3, 0.4) is 0 Å². The van der Waals surface area contributed by atoms with Crippen molar-refractivity contribution < 1.29 is 6.22 Å². The predicted octanol–water partition coefficient (Wildman–Crippen LogP) is 3.51. The molecule has 2 aliphatic heterocycles. The molecule has 2 saturated heterocycles. The first kappa shape index (κ1) is 22.1. The van der Waals surface area contributed by atoms with Gasteiger partial charge in [0.05, 0.1) is 6.67 Å². The molecular formula is C24H32N6OS. The lowest BCUT2D eigenvalue weighted by Crippen LogP contribution is -2.44. The topological polar surface area (TPSA) is 68.9 Å². The number of benzene rings is 2. The number of nitrogens with two attached hydrogens (primary N) is 1. The molecule has 0 atom stereocenters. The maximum atomic E-state index is 10.5. The highest BCUT2D eigenvalue weighted by Gasteiger charge is 2.21. The summed E-state index contributed by atoms with van der Waals surface area (Å²) in [6.07, 6.45) is 2.74. The van der Waals surface area contributed by atoms with E-state index in [2.05, 4.69) is 43.8 Å². The Bertz CT molecular complexity index is 975. The Morgan fingerprint density at radius 1 is 0.875 bits per heavy atom. The molecule has 5 rings (SSSR count). The van der Waals surface area contributed by atoms with Crippen LogP contribution in [-0.4, -0.2) is 69.2 Å². The molecule has 3 aromatic rings. The summed E-state index contributed by atoms with van der Waals surface area (Å²) in [5.41, 5.74) is 9.68. The highest BCUT2D eigenvalue weighted by atomic mass is 32.1. The van der Waals surface area contributed by atoms with E-state index in [1.54, 1.807) is 11.3 Å². The van der Waals surface area contributed by atoms with Gasteiger partial charge in [-0.2, -0.15) is 0 Å². The summed E-state index contributed by atoms with van der Waals surface area (Å²) in [5.74, 6) is 0. The molecule has 3 heterocycles. The van der Waals surface area contributed by atoms with Crippen molar-refractivity contribution >= 4 is 39.8 Å². The lowest BCUT2D eigenvalue weighted by molar-refractivity contribution is 0.112. The number of carbonyl (C=O) groups is 1. The van der Waals surface area contributed by atoms with Gasteiger partial charge in [-0.15, -0.1) is 11.3 Å². The number of anilines is 4. The molecule has 2 N–H and O–H groups in total. The third kappa shape index (κ3) is 5.57. The molecule has 1 aromatic heterocycles. The van der Waals surface area contributed by atoms with Gasteiger partial charge in [0.1, 0.15) is 6.29 Å². The summed E-state index contributed by atoms with van der Waals surface area (Å²) in [7, 11) is 2.15. The third-order valence-corrected chi connectivity index (χ3v) is 6.66. The van der Waals surface area contributed by atoms with Crippen LogP contribution in [-0.2, 0) is 0 Å². The van der Waals surface area contributed by atoms with Crippen LogP contribution in [0.15, 0.2) is 60.1 Å².